The molecule has 30 heavy (non-hydrogen) atoms. The maximum absolute atomic E-state index is 15.0. The molecular weight excluding hydrogens is 387 g/mol. The topological polar surface area (TPSA) is 81.6 Å². The third-order valence-electron chi connectivity index (χ3n) is 5.73. The molecule has 1 aromatic carbocycles. The van der Waals surface area contributed by atoms with E-state index >= 15 is 0 Å². The van der Waals surface area contributed by atoms with Gasteiger partial charge in [0, 0.05) is 19.0 Å². The highest BCUT2D eigenvalue weighted by Crippen LogP contribution is 2.40. The van der Waals surface area contributed by atoms with Crippen molar-refractivity contribution in [3.63, 3.8) is 0 Å². The summed E-state index contributed by atoms with van der Waals surface area (Å²) in [6.45, 7) is 5.30. The third-order valence-corrected chi connectivity index (χ3v) is 5.73. The van der Waals surface area contributed by atoms with Crippen LogP contribution in [0.3, 0.4) is 0 Å². The zero-order valence-corrected chi connectivity index (χ0v) is 16.7. The fraction of sp³-hybridized carbons (Fsp3) is 0.429. The van der Waals surface area contributed by atoms with Gasteiger partial charge in [-0.25, -0.2) is 14.4 Å². The molecule has 9 heteroatoms. The van der Waals surface area contributed by atoms with Crippen molar-refractivity contribution in [3.8, 4) is 11.5 Å². The van der Waals surface area contributed by atoms with E-state index in [0.29, 0.717) is 58.8 Å². The predicted molar refractivity (Wildman–Crippen MR) is 108 cm³/mol. The standard InChI is InChI=1S/C21H21FN6O2/c1-11-8-27(9-12(2)29-11)19-16-14(22)4-3-5-15(16)28-10-23-17(20(28)25-19)18-24-21(30-26-18)13-6-7-13/h3-5,10-13H,6-9H2,1-2H3/t11-,12+. The third kappa shape index (κ3) is 2.76. The molecule has 2 fully saturated rings. The Morgan fingerprint density at radius 3 is 2.67 bits per heavy atom. The lowest BCUT2D eigenvalue weighted by molar-refractivity contribution is -0.00536. The van der Waals surface area contributed by atoms with Crippen molar-refractivity contribution in [2.45, 2.75) is 44.8 Å². The van der Waals surface area contributed by atoms with Crippen LogP contribution in [0.5, 0.6) is 0 Å². The first-order chi connectivity index (χ1) is 14.6. The number of imidazole rings is 1. The molecule has 0 N–H and O–H groups in total. The minimum absolute atomic E-state index is 0.0243. The van der Waals surface area contributed by atoms with E-state index in [1.165, 1.54) is 6.07 Å². The summed E-state index contributed by atoms with van der Waals surface area (Å²) in [5.41, 5.74) is 1.82. The second kappa shape index (κ2) is 6.46. The Balaban J connectivity index is 1.57. The highest BCUT2D eigenvalue weighted by molar-refractivity contribution is 5.94. The SMILES string of the molecule is C[C@@H]1CN(c2nc3c(-c4noc(C5CC5)n4)ncn3c3cccc(F)c23)C[C@H](C)O1. The molecule has 0 radical (unpaired) electrons. The summed E-state index contributed by atoms with van der Waals surface area (Å²) < 4.78 is 28.1. The molecule has 2 atom stereocenters. The maximum atomic E-state index is 15.0. The molecule has 1 saturated carbocycles. The van der Waals surface area contributed by atoms with E-state index in [1.54, 1.807) is 16.8 Å². The second-order valence-electron chi connectivity index (χ2n) is 8.25. The predicted octanol–water partition coefficient (Wildman–Crippen LogP) is 3.56. The van der Waals surface area contributed by atoms with E-state index in [2.05, 4.69) is 20.0 Å². The van der Waals surface area contributed by atoms with Gasteiger partial charge in [-0.2, -0.15) is 4.98 Å². The quantitative estimate of drug-likeness (QED) is 0.513. The van der Waals surface area contributed by atoms with Crippen molar-refractivity contribution in [1.82, 2.24) is 24.5 Å². The maximum Gasteiger partial charge on any atom is 0.230 e. The number of fused-ring (bicyclic) bond motifs is 3. The number of anilines is 1. The number of ether oxygens (including phenoxy) is 1. The van der Waals surface area contributed by atoms with Crippen LogP contribution in [-0.2, 0) is 4.74 Å². The van der Waals surface area contributed by atoms with Crippen molar-refractivity contribution in [1.29, 1.82) is 0 Å². The summed E-state index contributed by atoms with van der Waals surface area (Å²) >= 11 is 0. The highest BCUT2D eigenvalue weighted by Gasteiger charge is 2.31. The van der Waals surface area contributed by atoms with Crippen molar-refractivity contribution in [2.24, 2.45) is 0 Å². The Morgan fingerprint density at radius 1 is 1.10 bits per heavy atom. The molecular formula is C21H21FN6O2. The normalized spacial score (nSPS) is 22.3. The van der Waals surface area contributed by atoms with Crippen LogP contribution < -0.4 is 4.90 Å². The Kier molecular flexibility index (Phi) is 3.83. The lowest BCUT2D eigenvalue weighted by Gasteiger charge is -2.36. The van der Waals surface area contributed by atoms with Gasteiger partial charge in [0.1, 0.15) is 18.0 Å². The van der Waals surface area contributed by atoms with Gasteiger partial charge in [0.05, 0.1) is 23.1 Å². The van der Waals surface area contributed by atoms with Crippen LogP contribution in [0.4, 0.5) is 10.2 Å². The Labute approximate surface area is 171 Å². The van der Waals surface area contributed by atoms with Gasteiger partial charge in [-0.15, -0.1) is 0 Å². The molecule has 1 saturated heterocycles. The number of hydrogen-bond donors (Lipinski definition) is 0. The van der Waals surface area contributed by atoms with Crippen LogP contribution in [0.1, 0.15) is 38.5 Å². The van der Waals surface area contributed by atoms with E-state index in [4.69, 9.17) is 14.2 Å². The summed E-state index contributed by atoms with van der Waals surface area (Å²) in [6, 6.07) is 5.04. The number of rotatable bonds is 3. The number of benzene rings is 1. The van der Waals surface area contributed by atoms with Crippen molar-refractivity contribution in [3.05, 3.63) is 36.2 Å². The molecule has 2 aliphatic rings. The number of aromatic nitrogens is 5. The van der Waals surface area contributed by atoms with Crippen molar-refractivity contribution in [2.75, 3.05) is 18.0 Å². The van der Waals surface area contributed by atoms with Crippen LogP contribution in [0.15, 0.2) is 29.0 Å². The molecule has 6 rings (SSSR count). The molecule has 4 aromatic rings. The smallest absolute Gasteiger partial charge is 0.230 e. The number of nitrogens with zero attached hydrogens (tertiary/aromatic N) is 6. The van der Waals surface area contributed by atoms with Gasteiger partial charge >= 0.3 is 0 Å². The molecule has 1 aliphatic carbocycles. The Hall–Kier alpha value is -3.07. The molecule has 3 aromatic heterocycles. The number of morpholine rings is 1. The molecule has 8 nitrogen and oxygen atoms in total. The molecule has 4 heterocycles. The fourth-order valence-corrected chi connectivity index (χ4v) is 4.28. The second-order valence-corrected chi connectivity index (χ2v) is 8.25. The van der Waals surface area contributed by atoms with Gasteiger partial charge in [-0.05, 0) is 38.8 Å². The van der Waals surface area contributed by atoms with Crippen LogP contribution in [0.2, 0.25) is 0 Å². The first kappa shape index (κ1) is 17.8. The molecule has 1 aliphatic heterocycles. The highest BCUT2D eigenvalue weighted by atomic mass is 19.1. The number of hydrogen-bond acceptors (Lipinski definition) is 7. The van der Waals surface area contributed by atoms with Gasteiger partial charge < -0.3 is 14.2 Å². The molecule has 0 spiro atoms. The first-order valence-electron chi connectivity index (χ1n) is 10.3. The van der Waals surface area contributed by atoms with Crippen molar-refractivity contribution < 1.29 is 13.7 Å². The first-order valence-corrected chi connectivity index (χ1v) is 10.3. The van der Waals surface area contributed by atoms with Crippen molar-refractivity contribution >= 4 is 22.4 Å². The monoisotopic (exact) mass is 408 g/mol. The zero-order valence-electron chi connectivity index (χ0n) is 16.7. The summed E-state index contributed by atoms with van der Waals surface area (Å²) in [5, 5.41) is 4.60. The van der Waals surface area contributed by atoms with Gasteiger partial charge in [0.15, 0.2) is 11.3 Å². The largest absolute Gasteiger partial charge is 0.372 e. The lowest BCUT2D eigenvalue weighted by Crippen LogP contribution is -2.46. The Bertz CT molecular complexity index is 1250. The van der Waals surface area contributed by atoms with Gasteiger partial charge in [-0.1, -0.05) is 11.2 Å². The molecule has 154 valence electrons. The summed E-state index contributed by atoms with van der Waals surface area (Å²) in [7, 11) is 0. The summed E-state index contributed by atoms with van der Waals surface area (Å²) in [6.07, 6.45) is 3.84. The minimum atomic E-state index is -0.311. The molecule has 0 unspecified atom stereocenters. The van der Waals surface area contributed by atoms with E-state index in [-0.39, 0.29) is 18.0 Å². The number of halogens is 1. The van der Waals surface area contributed by atoms with E-state index in [0.717, 1.165) is 12.8 Å². The minimum Gasteiger partial charge on any atom is -0.372 e. The van der Waals surface area contributed by atoms with Crippen LogP contribution in [0, 0.1) is 5.82 Å². The molecule has 0 bridgehead atoms. The Morgan fingerprint density at radius 2 is 1.90 bits per heavy atom. The zero-order chi connectivity index (χ0) is 20.4. The average Bonchev–Trinajstić information content (AvgIpc) is 3.29. The van der Waals surface area contributed by atoms with Gasteiger partial charge in [0.25, 0.3) is 0 Å². The van der Waals surface area contributed by atoms with E-state index < -0.39 is 0 Å². The summed E-state index contributed by atoms with van der Waals surface area (Å²) in [4.78, 5) is 16.0. The summed E-state index contributed by atoms with van der Waals surface area (Å²) in [5.74, 6) is 1.70. The van der Waals surface area contributed by atoms with Gasteiger partial charge in [-0.3, -0.25) is 4.40 Å². The van der Waals surface area contributed by atoms with Crippen LogP contribution in [-0.4, -0.2) is 49.8 Å². The average molecular weight is 408 g/mol. The van der Waals surface area contributed by atoms with E-state index in [9.17, 15) is 4.39 Å². The van der Waals surface area contributed by atoms with Crippen LogP contribution >= 0.6 is 0 Å². The lowest BCUT2D eigenvalue weighted by atomic mass is 10.1. The van der Waals surface area contributed by atoms with E-state index in [1.807, 2.05) is 19.9 Å². The van der Waals surface area contributed by atoms with Crippen LogP contribution in [0.25, 0.3) is 28.1 Å². The van der Waals surface area contributed by atoms with Gasteiger partial charge in [0.2, 0.25) is 11.7 Å². The fourth-order valence-electron chi connectivity index (χ4n) is 4.28. The molecule has 0 amide bonds.